The highest BCUT2D eigenvalue weighted by Crippen LogP contribution is 2.24. The van der Waals surface area contributed by atoms with Crippen LogP contribution in [0, 0.1) is 0 Å². The molecule has 8 nitrogen and oxygen atoms in total. The number of nitrogens with zero attached hydrogens (tertiary/aromatic N) is 2. The molecule has 0 bridgehead atoms. The zero-order valence-corrected chi connectivity index (χ0v) is 19.8. The number of likely N-dealkylation sites (tertiary alicyclic amines) is 1. The molecular formula is C25H28N4O4S. The van der Waals surface area contributed by atoms with Gasteiger partial charge in [-0.05, 0) is 68.3 Å². The van der Waals surface area contributed by atoms with Crippen LogP contribution in [0.15, 0.2) is 77.8 Å². The van der Waals surface area contributed by atoms with Crippen LogP contribution in [0.3, 0.4) is 0 Å². The Morgan fingerprint density at radius 2 is 1.74 bits per heavy atom. The van der Waals surface area contributed by atoms with Crippen molar-refractivity contribution in [3.63, 3.8) is 0 Å². The molecule has 0 aliphatic carbocycles. The molecular weight excluding hydrogens is 452 g/mol. The average Bonchev–Trinajstić information content (AvgIpc) is 2.86. The van der Waals surface area contributed by atoms with Gasteiger partial charge in [0.2, 0.25) is 10.0 Å². The Morgan fingerprint density at radius 3 is 2.41 bits per heavy atom. The topological polar surface area (TPSA) is 101 Å². The number of carbonyl (C=O) groups is 1. The van der Waals surface area contributed by atoms with E-state index >= 15 is 0 Å². The molecule has 2 N–H and O–H groups in total. The van der Waals surface area contributed by atoms with Crippen LogP contribution in [-0.4, -0.2) is 49.9 Å². The largest absolute Gasteiger partial charge is 0.494 e. The SMILES string of the molecule is CCOc1ccc(Nc2ncccc2C(=O)N2CCC(NS(=O)(=O)c3ccccc3)CC2)cc1. The monoisotopic (exact) mass is 480 g/mol. The first-order valence-electron chi connectivity index (χ1n) is 11.3. The van der Waals surface area contributed by atoms with Crippen molar-refractivity contribution in [1.29, 1.82) is 0 Å². The maximum Gasteiger partial charge on any atom is 0.257 e. The second-order valence-electron chi connectivity index (χ2n) is 7.98. The molecule has 1 amide bonds. The summed E-state index contributed by atoms with van der Waals surface area (Å²) in [5.74, 6) is 1.12. The molecule has 1 aromatic heterocycles. The Morgan fingerprint density at radius 1 is 1.03 bits per heavy atom. The van der Waals surface area contributed by atoms with E-state index in [9.17, 15) is 13.2 Å². The number of hydrogen-bond donors (Lipinski definition) is 2. The minimum atomic E-state index is -3.58. The van der Waals surface area contributed by atoms with Gasteiger partial charge in [0.1, 0.15) is 11.6 Å². The first-order chi connectivity index (χ1) is 16.5. The minimum Gasteiger partial charge on any atom is -0.494 e. The molecule has 2 heterocycles. The molecule has 3 aromatic rings. The summed E-state index contributed by atoms with van der Waals surface area (Å²) in [5, 5.41) is 3.21. The molecule has 0 unspecified atom stereocenters. The number of carbonyl (C=O) groups excluding carboxylic acids is 1. The third-order valence-corrected chi connectivity index (χ3v) is 7.16. The number of anilines is 2. The van der Waals surface area contributed by atoms with Gasteiger partial charge in [-0.3, -0.25) is 4.79 Å². The highest BCUT2D eigenvalue weighted by atomic mass is 32.2. The van der Waals surface area contributed by atoms with Gasteiger partial charge in [0.15, 0.2) is 0 Å². The zero-order valence-electron chi connectivity index (χ0n) is 19.0. The number of rotatable bonds is 8. The number of nitrogens with one attached hydrogen (secondary N) is 2. The van der Waals surface area contributed by atoms with E-state index < -0.39 is 10.0 Å². The first-order valence-corrected chi connectivity index (χ1v) is 12.8. The predicted molar refractivity (Wildman–Crippen MR) is 131 cm³/mol. The molecule has 1 fully saturated rings. The first kappa shape index (κ1) is 23.7. The summed E-state index contributed by atoms with van der Waals surface area (Å²) in [6.07, 6.45) is 2.72. The molecule has 1 aliphatic rings. The summed E-state index contributed by atoms with van der Waals surface area (Å²) in [5.41, 5.74) is 1.27. The summed E-state index contributed by atoms with van der Waals surface area (Å²) in [7, 11) is -3.58. The van der Waals surface area contributed by atoms with Crippen LogP contribution in [0.25, 0.3) is 0 Å². The summed E-state index contributed by atoms with van der Waals surface area (Å²) in [6.45, 7) is 3.44. The van der Waals surface area contributed by atoms with E-state index in [1.54, 1.807) is 53.6 Å². The fourth-order valence-corrected chi connectivity index (χ4v) is 5.20. The van der Waals surface area contributed by atoms with Gasteiger partial charge in [0.05, 0.1) is 17.1 Å². The summed E-state index contributed by atoms with van der Waals surface area (Å²) < 4.78 is 33.4. The van der Waals surface area contributed by atoms with Crippen LogP contribution in [0.1, 0.15) is 30.1 Å². The normalized spacial score (nSPS) is 14.6. The molecule has 34 heavy (non-hydrogen) atoms. The molecule has 0 saturated carbocycles. The highest BCUT2D eigenvalue weighted by molar-refractivity contribution is 7.89. The number of benzene rings is 2. The van der Waals surface area contributed by atoms with Crippen LogP contribution >= 0.6 is 0 Å². The van der Waals surface area contributed by atoms with Crippen molar-refractivity contribution in [3.05, 3.63) is 78.5 Å². The van der Waals surface area contributed by atoms with Gasteiger partial charge >= 0.3 is 0 Å². The van der Waals surface area contributed by atoms with Gasteiger partial charge in [-0.15, -0.1) is 0 Å². The van der Waals surface area contributed by atoms with E-state index in [4.69, 9.17) is 4.74 Å². The molecule has 1 aliphatic heterocycles. The van der Waals surface area contributed by atoms with Crippen LogP contribution < -0.4 is 14.8 Å². The maximum absolute atomic E-state index is 13.3. The molecule has 2 aromatic carbocycles. The third-order valence-electron chi connectivity index (χ3n) is 5.62. The Kier molecular flexibility index (Phi) is 7.44. The standard InChI is InChI=1S/C25H28N4O4S/c1-2-33-21-12-10-19(11-13-21)27-24-23(9-6-16-26-24)25(30)29-17-14-20(15-18-29)28-34(31,32)22-7-4-3-5-8-22/h3-13,16,20,28H,2,14-15,17-18H2,1H3,(H,26,27). The number of piperidine rings is 1. The Labute approximate surface area is 200 Å². The fourth-order valence-electron chi connectivity index (χ4n) is 3.87. The van der Waals surface area contributed by atoms with Gasteiger partial charge < -0.3 is 15.0 Å². The van der Waals surface area contributed by atoms with E-state index in [1.807, 2.05) is 31.2 Å². The smallest absolute Gasteiger partial charge is 0.257 e. The third kappa shape index (κ3) is 5.73. The van der Waals surface area contributed by atoms with Crippen LogP contribution in [0.2, 0.25) is 0 Å². The molecule has 4 rings (SSSR count). The van der Waals surface area contributed by atoms with Gasteiger partial charge in [-0.2, -0.15) is 0 Å². The average molecular weight is 481 g/mol. The van der Waals surface area contributed by atoms with Crippen LogP contribution in [0.5, 0.6) is 5.75 Å². The van der Waals surface area contributed by atoms with E-state index in [-0.39, 0.29) is 16.8 Å². The van der Waals surface area contributed by atoms with E-state index in [0.29, 0.717) is 43.9 Å². The molecule has 0 radical (unpaired) electrons. The van der Waals surface area contributed by atoms with E-state index in [0.717, 1.165) is 11.4 Å². The van der Waals surface area contributed by atoms with Crippen LogP contribution in [-0.2, 0) is 10.0 Å². The fraction of sp³-hybridized carbons (Fsp3) is 0.280. The number of ether oxygens (including phenoxy) is 1. The van der Waals surface area contributed by atoms with Gasteiger partial charge in [0, 0.05) is 31.0 Å². The second-order valence-corrected chi connectivity index (χ2v) is 9.70. The van der Waals surface area contributed by atoms with Crippen molar-refractivity contribution in [3.8, 4) is 5.75 Å². The second kappa shape index (κ2) is 10.7. The highest BCUT2D eigenvalue weighted by Gasteiger charge is 2.28. The number of aromatic nitrogens is 1. The lowest BCUT2D eigenvalue weighted by Gasteiger charge is -2.32. The zero-order chi connectivity index (χ0) is 24.0. The van der Waals surface area contributed by atoms with E-state index in [1.165, 1.54) is 0 Å². The van der Waals surface area contributed by atoms with E-state index in [2.05, 4.69) is 15.0 Å². The Bertz CT molecular complexity index is 1210. The number of amides is 1. The molecule has 0 spiro atoms. The van der Waals surface area contributed by atoms with Gasteiger partial charge in [0.25, 0.3) is 5.91 Å². The van der Waals surface area contributed by atoms with Crippen molar-refractivity contribution in [2.45, 2.75) is 30.7 Å². The summed E-state index contributed by atoms with van der Waals surface area (Å²) >= 11 is 0. The maximum atomic E-state index is 13.3. The quantitative estimate of drug-likeness (QED) is 0.509. The lowest BCUT2D eigenvalue weighted by Crippen LogP contribution is -2.46. The Balaban J connectivity index is 1.39. The lowest BCUT2D eigenvalue weighted by atomic mass is 10.0. The minimum absolute atomic E-state index is 0.133. The molecule has 0 atom stereocenters. The Hall–Kier alpha value is -3.43. The number of hydrogen-bond acceptors (Lipinski definition) is 6. The van der Waals surface area contributed by atoms with Crippen molar-refractivity contribution >= 4 is 27.4 Å². The molecule has 178 valence electrons. The van der Waals surface area contributed by atoms with Crippen molar-refractivity contribution < 1.29 is 17.9 Å². The molecule has 9 heteroatoms. The summed E-state index contributed by atoms with van der Waals surface area (Å²) in [4.78, 5) is 19.6. The van der Waals surface area contributed by atoms with Gasteiger partial charge in [-0.1, -0.05) is 18.2 Å². The van der Waals surface area contributed by atoms with Crippen LogP contribution in [0.4, 0.5) is 11.5 Å². The number of sulfonamides is 1. The lowest BCUT2D eigenvalue weighted by molar-refractivity contribution is 0.0712. The van der Waals surface area contributed by atoms with Crippen molar-refractivity contribution in [2.75, 3.05) is 25.0 Å². The summed E-state index contributed by atoms with van der Waals surface area (Å²) in [6, 6.07) is 19.0. The number of pyridine rings is 1. The van der Waals surface area contributed by atoms with Gasteiger partial charge in [-0.25, -0.2) is 18.1 Å². The van der Waals surface area contributed by atoms with Crippen molar-refractivity contribution in [2.24, 2.45) is 0 Å². The molecule has 1 saturated heterocycles. The predicted octanol–water partition coefficient (Wildman–Crippen LogP) is 3.81. The van der Waals surface area contributed by atoms with Crippen molar-refractivity contribution in [1.82, 2.24) is 14.6 Å².